The average molecular weight is 335 g/mol. The Kier molecular flexibility index (Phi) is 6.43. The highest BCUT2D eigenvalue weighted by Crippen LogP contribution is 2.24. The van der Waals surface area contributed by atoms with Crippen molar-refractivity contribution in [2.45, 2.75) is 63.7 Å². The zero-order chi connectivity index (χ0) is 15.3. The number of hydrogen-bond acceptors (Lipinski definition) is 5. The van der Waals surface area contributed by atoms with Crippen LogP contribution in [0.25, 0.3) is 0 Å². The molecule has 0 spiro atoms. The van der Waals surface area contributed by atoms with Gasteiger partial charge in [-0.05, 0) is 51.1 Å². The van der Waals surface area contributed by atoms with E-state index in [4.69, 9.17) is 23.1 Å². The van der Waals surface area contributed by atoms with Crippen molar-refractivity contribution in [2.75, 3.05) is 26.4 Å². The van der Waals surface area contributed by atoms with Crippen molar-refractivity contribution in [1.82, 2.24) is 0 Å². The van der Waals surface area contributed by atoms with Crippen LogP contribution in [0, 0.1) is 0 Å². The van der Waals surface area contributed by atoms with Gasteiger partial charge in [0.15, 0.2) is 29.2 Å². The minimum atomic E-state index is -1.58. The van der Waals surface area contributed by atoms with Gasteiger partial charge in [0.2, 0.25) is 0 Å². The molecule has 0 aliphatic carbocycles. The van der Waals surface area contributed by atoms with Gasteiger partial charge in [-0.2, -0.15) is 0 Å². The Labute approximate surface area is 130 Å². The molecule has 124 valence electrons. The molecule has 2 rings (SSSR count). The minimum absolute atomic E-state index is 0.0805. The summed E-state index contributed by atoms with van der Waals surface area (Å²) in [5.41, 5.74) is 0. The molecule has 2 heterocycles. The first-order valence-corrected chi connectivity index (χ1v) is 14.3. The summed E-state index contributed by atoms with van der Waals surface area (Å²) in [5.74, 6) is 0. The first kappa shape index (κ1) is 17.6. The lowest BCUT2D eigenvalue weighted by Gasteiger charge is -2.34. The van der Waals surface area contributed by atoms with Gasteiger partial charge >= 0.3 is 0 Å². The van der Waals surface area contributed by atoms with Crippen molar-refractivity contribution in [3.8, 4) is 0 Å². The van der Waals surface area contributed by atoms with E-state index in [0.717, 1.165) is 51.4 Å². The summed E-state index contributed by atoms with van der Waals surface area (Å²) >= 11 is 0. The first-order valence-electron chi connectivity index (χ1n) is 8.03. The molecule has 2 aliphatic rings. The van der Waals surface area contributed by atoms with Crippen LogP contribution in [0.1, 0.15) is 12.8 Å². The summed E-state index contributed by atoms with van der Waals surface area (Å²) in [5, 5.41) is 0. The predicted molar refractivity (Wildman–Crippen MR) is 86.3 cm³/mol. The molecule has 2 aliphatic heterocycles. The Bertz CT molecular complexity index is 286. The van der Waals surface area contributed by atoms with Crippen LogP contribution in [0.15, 0.2) is 0 Å². The molecular formula is C14H30O5Si2. The topological polar surface area (TPSA) is 52.8 Å². The van der Waals surface area contributed by atoms with E-state index < -0.39 is 16.6 Å². The molecule has 0 amide bonds. The molecule has 0 N–H and O–H groups in total. The van der Waals surface area contributed by atoms with E-state index in [2.05, 4.69) is 26.2 Å². The summed E-state index contributed by atoms with van der Waals surface area (Å²) in [7, 11) is -3.17. The quantitative estimate of drug-likeness (QED) is 0.312. The molecule has 0 radical (unpaired) electrons. The smallest absolute Gasteiger partial charge is 0.181 e. The summed E-state index contributed by atoms with van der Waals surface area (Å²) in [6.07, 6.45) is 2.31. The molecule has 7 heteroatoms. The Morgan fingerprint density at radius 3 is 1.52 bits per heavy atom. The standard InChI is InChI=1S/C14H30O5Si2/c1-20(2,9-5-7-15-13-11-17-13)19-21(3,4)10-6-8-16-14-12-18-14/h13-14H,5-12H2,1-4H3. The van der Waals surface area contributed by atoms with Crippen LogP contribution in [-0.4, -0.2) is 55.6 Å². The van der Waals surface area contributed by atoms with Gasteiger partial charge in [-0.1, -0.05) is 0 Å². The molecule has 5 nitrogen and oxygen atoms in total. The number of hydrogen-bond donors (Lipinski definition) is 0. The van der Waals surface area contributed by atoms with E-state index in [1.54, 1.807) is 0 Å². The fraction of sp³-hybridized carbons (Fsp3) is 1.00. The lowest BCUT2D eigenvalue weighted by atomic mass is 10.5. The second kappa shape index (κ2) is 7.67. The normalized spacial score (nSPS) is 25.1. The monoisotopic (exact) mass is 334 g/mol. The van der Waals surface area contributed by atoms with Crippen LogP contribution in [0.5, 0.6) is 0 Å². The maximum atomic E-state index is 6.57. The molecule has 21 heavy (non-hydrogen) atoms. The molecule has 0 aromatic heterocycles. The van der Waals surface area contributed by atoms with Crippen molar-refractivity contribution in [3.05, 3.63) is 0 Å². The van der Waals surface area contributed by atoms with Crippen molar-refractivity contribution >= 4 is 16.6 Å². The van der Waals surface area contributed by atoms with E-state index in [0.29, 0.717) is 0 Å². The zero-order valence-corrected chi connectivity index (χ0v) is 15.9. The minimum Gasteiger partial charge on any atom is -0.455 e. The van der Waals surface area contributed by atoms with E-state index in [1.807, 2.05) is 0 Å². The van der Waals surface area contributed by atoms with Gasteiger partial charge in [-0.25, -0.2) is 0 Å². The Morgan fingerprint density at radius 1 is 0.810 bits per heavy atom. The largest absolute Gasteiger partial charge is 0.455 e. The van der Waals surface area contributed by atoms with Crippen LogP contribution in [0.3, 0.4) is 0 Å². The third kappa shape index (κ3) is 8.44. The van der Waals surface area contributed by atoms with Crippen LogP contribution in [-0.2, 0) is 23.1 Å². The molecular weight excluding hydrogens is 304 g/mol. The van der Waals surface area contributed by atoms with Gasteiger partial charge in [0.05, 0.1) is 0 Å². The summed E-state index contributed by atoms with van der Waals surface area (Å²) in [6.45, 7) is 12.4. The Balaban J connectivity index is 1.56. The van der Waals surface area contributed by atoms with Gasteiger partial charge in [0, 0.05) is 13.2 Å². The summed E-state index contributed by atoms with van der Waals surface area (Å²) in [6, 6.07) is 2.31. The van der Waals surface area contributed by atoms with Gasteiger partial charge < -0.3 is 23.1 Å². The Hall–Kier alpha value is 0.234. The third-order valence-corrected chi connectivity index (χ3v) is 11.1. The van der Waals surface area contributed by atoms with Gasteiger partial charge in [0.25, 0.3) is 0 Å². The number of ether oxygens (including phenoxy) is 4. The van der Waals surface area contributed by atoms with Gasteiger partial charge in [0.1, 0.15) is 13.2 Å². The second-order valence-electron chi connectivity index (χ2n) is 7.10. The highest BCUT2D eigenvalue weighted by molar-refractivity contribution is 6.84. The highest BCUT2D eigenvalue weighted by Gasteiger charge is 2.33. The molecule has 0 aromatic rings. The van der Waals surface area contributed by atoms with Gasteiger partial charge in [-0.15, -0.1) is 0 Å². The lowest BCUT2D eigenvalue weighted by Crippen LogP contribution is -2.44. The van der Waals surface area contributed by atoms with Crippen molar-refractivity contribution in [2.24, 2.45) is 0 Å². The van der Waals surface area contributed by atoms with Crippen molar-refractivity contribution < 1.29 is 23.1 Å². The van der Waals surface area contributed by atoms with Crippen molar-refractivity contribution in [3.63, 3.8) is 0 Å². The second-order valence-corrected chi connectivity index (χ2v) is 16.0. The Morgan fingerprint density at radius 2 is 1.19 bits per heavy atom. The fourth-order valence-corrected chi connectivity index (χ4v) is 11.3. The van der Waals surface area contributed by atoms with Crippen LogP contribution in [0.4, 0.5) is 0 Å². The summed E-state index contributed by atoms with van der Waals surface area (Å²) in [4.78, 5) is 0. The molecule has 0 aromatic carbocycles. The molecule has 2 saturated heterocycles. The highest BCUT2D eigenvalue weighted by atomic mass is 28.4. The lowest BCUT2D eigenvalue weighted by molar-refractivity contribution is 0.0503. The fourth-order valence-electron chi connectivity index (χ4n) is 2.55. The number of epoxide rings is 2. The molecule has 0 bridgehead atoms. The average Bonchev–Trinajstić information content (AvgIpc) is 3.23. The van der Waals surface area contributed by atoms with Crippen LogP contribution < -0.4 is 0 Å². The van der Waals surface area contributed by atoms with Crippen molar-refractivity contribution in [1.29, 1.82) is 0 Å². The first-order chi connectivity index (χ1) is 9.86. The van der Waals surface area contributed by atoms with Crippen LogP contribution in [0.2, 0.25) is 38.3 Å². The molecule has 0 saturated carbocycles. The van der Waals surface area contributed by atoms with Crippen LogP contribution >= 0.6 is 0 Å². The van der Waals surface area contributed by atoms with Gasteiger partial charge in [-0.3, -0.25) is 0 Å². The number of rotatable bonds is 12. The maximum absolute atomic E-state index is 6.57. The van der Waals surface area contributed by atoms with E-state index in [1.165, 1.54) is 0 Å². The summed E-state index contributed by atoms with van der Waals surface area (Å²) < 4.78 is 27.7. The van der Waals surface area contributed by atoms with E-state index in [-0.39, 0.29) is 12.6 Å². The third-order valence-electron chi connectivity index (χ3n) is 3.61. The molecule has 2 unspecified atom stereocenters. The SMILES string of the molecule is C[Si](C)(CCCOC1CO1)O[Si](C)(C)CCCOC1CO1. The van der Waals surface area contributed by atoms with E-state index >= 15 is 0 Å². The van der Waals surface area contributed by atoms with E-state index in [9.17, 15) is 0 Å². The zero-order valence-electron chi connectivity index (χ0n) is 13.9. The maximum Gasteiger partial charge on any atom is 0.181 e. The molecule has 2 fully saturated rings. The predicted octanol–water partition coefficient (Wildman–Crippen LogP) is 2.94. The molecule has 2 atom stereocenters.